The third-order valence-corrected chi connectivity index (χ3v) is 2.68. The molecule has 1 amide bonds. The zero-order valence-electron chi connectivity index (χ0n) is 9.30. The molecule has 0 spiro atoms. The van der Waals surface area contributed by atoms with Crippen molar-refractivity contribution in [2.45, 2.75) is 0 Å². The fourth-order valence-electron chi connectivity index (χ4n) is 0.973. The summed E-state index contributed by atoms with van der Waals surface area (Å²) in [6.07, 6.45) is 6.22. The maximum Gasteiger partial charge on any atom is 0.284 e. The van der Waals surface area contributed by atoms with Gasteiger partial charge in [0.2, 0.25) is 0 Å². The van der Waals surface area contributed by atoms with Crippen molar-refractivity contribution in [3.63, 3.8) is 0 Å². The monoisotopic (exact) mass is 381 g/mol. The van der Waals surface area contributed by atoms with Gasteiger partial charge in [0, 0.05) is 52.8 Å². The van der Waals surface area contributed by atoms with Crippen LogP contribution in [-0.4, -0.2) is 19.8 Å². The van der Waals surface area contributed by atoms with E-state index in [1.54, 1.807) is 36.8 Å². The molecule has 0 unspecified atom stereocenters. The molecule has 0 aliphatic rings. The van der Waals surface area contributed by atoms with Crippen LogP contribution in [0.5, 0.6) is 0 Å². The SMILES string of the molecule is Clc1cncc(Br)c1.O=C(c1cccnc1)N(Cl)Cl. The second-order valence-corrected chi connectivity index (χ2v) is 5.30. The number of halogens is 4. The van der Waals surface area contributed by atoms with Crippen molar-refractivity contribution in [1.82, 2.24) is 13.9 Å². The average molecular weight is 383 g/mol. The number of carbonyl (C=O) groups excluding carboxylic acids is 1. The molecule has 0 aromatic carbocycles. The van der Waals surface area contributed by atoms with E-state index in [0.29, 0.717) is 14.5 Å². The Morgan fingerprint density at radius 2 is 1.95 bits per heavy atom. The standard InChI is InChI=1S/C6H4Cl2N2O.C5H3BrClN/c7-10(8)6(11)5-2-1-3-9-4-5;6-4-1-5(7)3-8-2-4/h1-4H;1-3H. The highest BCUT2D eigenvalue weighted by molar-refractivity contribution is 9.10. The Morgan fingerprint density at radius 3 is 2.37 bits per heavy atom. The van der Waals surface area contributed by atoms with Crippen LogP contribution in [0, 0.1) is 0 Å². The molecule has 0 bridgehead atoms. The lowest BCUT2D eigenvalue weighted by molar-refractivity contribution is 0.0923. The Hall–Kier alpha value is -0.880. The molecule has 0 saturated carbocycles. The second kappa shape index (κ2) is 8.32. The van der Waals surface area contributed by atoms with Crippen LogP contribution in [0.25, 0.3) is 0 Å². The van der Waals surface area contributed by atoms with Gasteiger partial charge in [-0.3, -0.25) is 14.8 Å². The number of carbonyl (C=O) groups is 1. The highest BCUT2D eigenvalue weighted by Crippen LogP contribution is 2.12. The van der Waals surface area contributed by atoms with Gasteiger partial charge in [-0.05, 0) is 34.1 Å². The summed E-state index contributed by atoms with van der Waals surface area (Å²) in [5.74, 6) is -0.485. The first kappa shape index (κ1) is 16.2. The van der Waals surface area contributed by atoms with E-state index in [-0.39, 0.29) is 0 Å². The van der Waals surface area contributed by atoms with Crippen LogP contribution >= 0.6 is 51.1 Å². The average Bonchev–Trinajstić information content (AvgIpc) is 2.39. The zero-order chi connectivity index (χ0) is 14.3. The third-order valence-electron chi connectivity index (χ3n) is 1.73. The second-order valence-electron chi connectivity index (χ2n) is 3.10. The van der Waals surface area contributed by atoms with E-state index in [9.17, 15) is 4.79 Å². The minimum absolute atomic E-state index is 0.359. The molecule has 0 aliphatic heterocycles. The summed E-state index contributed by atoms with van der Waals surface area (Å²) < 4.78 is 1.38. The lowest BCUT2D eigenvalue weighted by Gasteiger charge is -2.01. The van der Waals surface area contributed by atoms with Crippen LogP contribution in [0.4, 0.5) is 0 Å². The van der Waals surface area contributed by atoms with Crippen molar-refractivity contribution in [3.8, 4) is 0 Å². The van der Waals surface area contributed by atoms with E-state index in [2.05, 4.69) is 25.9 Å². The normalized spacial score (nSPS) is 9.26. The fraction of sp³-hybridized carbons (Fsp3) is 0. The van der Waals surface area contributed by atoms with Gasteiger partial charge in [-0.25, -0.2) is 0 Å². The van der Waals surface area contributed by atoms with Gasteiger partial charge in [0.1, 0.15) is 0 Å². The minimum atomic E-state index is -0.485. The number of pyridine rings is 2. The van der Waals surface area contributed by atoms with Crippen molar-refractivity contribution in [2.75, 3.05) is 0 Å². The summed E-state index contributed by atoms with van der Waals surface area (Å²) in [7, 11) is 0. The van der Waals surface area contributed by atoms with E-state index in [1.807, 2.05) is 0 Å². The summed E-state index contributed by atoms with van der Waals surface area (Å²) in [5, 5.41) is 0.652. The number of nitrogens with zero attached hydrogens (tertiary/aromatic N) is 3. The topological polar surface area (TPSA) is 46.1 Å². The number of hydrogen-bond donors (Lipinski definition) is 0. The van der Waals surface area contributed by atoms with E-state index >= 15 is 0 Å². The van der Waals surface area contributed by atoms with Crippen molar-refractivity contribution >= 4 is 57.0 Å². The minimum Gasteiger partial charge on any atom is -0.266 e. The first-order valence-corrected chi connectivity index (χ1v) is 6.67. The van der Waals surface area contributed by atoms with Crippen LogP contribution in [0.1, 0.15) is 10.4 Å². The van der Waals surface area contributed by atoms with Crippen molar-refractivity contribution in [1.29, 1.82) is 0 Å². The largest absolute Gasteiger partial charge is 0.284 e. The van der Waals surface area contributed by atoms with Gasteiger partial charge < -0.3 is 0 Å². The maximum absolute atomic E-state index is 11.0. The molecule has 0 aliphatic carbocycles. The molecule has 8 heteroatoms. The molecule has 2 aromatic rings. The number of amides is 1. The number of hydrogen-bond acceptors (Lipinski definition) is 3. The predicted molar refractivity (Wildman–Crippen MR) is 79.1 cm³/mol. The molecule has 100 valence electrons. The Balaban J connectivity index is 0.000000200. The third kappa shape index (κ3) is 6.20. The molecule has 0 saturated heterocycles. The van der Waals surface area contributed by atoms with Gasteiger partial charge in [-0.2, -0.15) is 3.94 Å². The lowest BCUT2D eigenvalue weighted by Crippen LogP contribution is -2.10. The van der Waals surface area contributed by atoms with E-state index in [1.165, 1.54) is 6.20 Å². The van der Waals surface area contributed by atoms with Crippen LogP contribution in [-0.2, 0) is 0 Å². The molecular formula is C11H7BrCl3N3O. The Morgan fingerprint density at radius 1 is 1.21 bits per heavy atom. The van der Waals surface area contributed by atoms with E-state index in [0.717, 1.165) is 4.47 Å². The van der Waals surface area contributed by atoms with E-state index in [4.69, 9.17) is 35.2 Å². The number of aromatic nitrogens is 2. The highest BCUT2D eigenvalue weighted by atomic mass is 79.9. The summed E-state index contributed by atoms with van der Waals surface area (Å²) in [5.41, 5.74) is 0.359. The van der Waals surface area contributed by atoms with Gasteiger partial charge >= 0.3 is 0 Å². The zero-order valence-corrected chi connectivity index (χ0v) is 13.2. The van der Waals surface area contributed by atoms with Crippen LogP contribution in [0.3, 0.4) is 0 Å². The lowest BCUT2D eigenvalue weighted by atomic mass is 10.3. The number of rotatable bonds is 1. The quantitative estimate of drug-likeness (QED) is 0.689. The van der Waals surface area contributed by atoms with Gasteiger partial charge in [0.05, 0.1) is 10.6 Å². The summed E-state index contributed by atoms with van der Waals surface area (Å²) in [6.45, 7) is 0. The molecule has 0 atom stereocenters. The molecule has 2 heterocycles. The Bertz CT molecular complexity index is 522. The van der Waals surface area contributed by atoms with Crippen molar-refractivity contribution in [2.24, 2.45) is 0 Å². The van der Waals surface area contributed by atoms with Crippen molar-refractivity contribution in [3.05, 3.63) is 58.0 Å². The molecule has 0 fully saturated rings. The maximum atomic E-state index is 11.0. The Labute approximate surface area is 133 Å². The van der Waals surface area contributed by atoms with Gasteiger partial charge in [-0.15, -0.1) is 0 Å². The van der Waals surface area contributed by atoms with Gasteiger partial charge in [0.15, 0.2) is 0 Å². The molecule has 0 radical (unpaired) electrons. The van der Waals surface area contributed by atoms with Crippen LogP contribution in [0.2, 0.25) is 5.02 Å². The fourth-order valence-corrected chi connectivity index (χ4v) is 1.84. The molecule has 2 rings (SSSR count). The van der Waals surface area contributed by atoms with Crippen molar-refractivity contribution < 1.29 is 4.79 Å². The van der Waals surface area contributed by atoms with Crippen LogP contribution in [0.15, 0.2) is 47.5 Å². The molecule has 0 N–H and O–H groups in total. The summed E-state index contributed by atoms with van der Waals surface area (Å²) in [6, 6.07) is 4.99. The smallest absolute Gasteiger partial charge is 0.266 e. The molecule has 4 nitrogen and oxygen atoms in total. The summed E-state index contributed by atoms with van der Waals surface area (Å²) >= 11 is 19.1. The predicted octanol–water partition coefficient (Wildman–Crippen LogP) is 4.33. The molecular weight excluding hydrogens is 376 g/mol. The molecule has 19 heavy (non-hydrogen) atoms. The first-order valence-electron chi connectivity index (χ1n) is 4.83. The molecule has 2 aromatic heterocycles. The Kier molecular flexibility index (Phi) is 7.09. The van der Waals surface area contributed by atoms with Crippen LogP contribution < -0.4 is 0 Å². The highest BCUT2D eigenvalue weighted by Gasteiger charge is 2.10. The van der Waals surface area contributed by atoms with Gasteiger partial charge in [0.25, 0.3) is 5.91 Å². The summed E-state index contributed by atoms with van der Waals surface area (Å²) in [4.78, 5) is 18.5. The van der Waals surface area contributed by atoms with Gasteiger partial charge in [-0.1, -0.05) is 11.6 Å². The van der Waals surface area contributed by atoms with E-state index < -0.39 is 5.91 Å². The first-order chi connectivity index (χ1) is 9.00.